The molecule has 0 amide bonds. The van der Waals surface area contributed by atoms with Crippen molar-refractivity contribution in [3.8, 4) is 0 Å². The molecule has 0 heterocycles. The molecule has 2 unspecified atom stereocenters. The number of likely N-dealkylation sites (N-methyl/N-ethyl adjacent to an activating group) is 1. The highest BCUT2D eigenvalue weighted by molar-refractivity contribution is 6.36. The molecule has 1 aliphatic carbocycles. The van der Waals surface area contributed by atoms with Crippen molar-refractivity contribution in [2.24, 2.45) is 16.3 Å². The Labute approximate surface area is 242 Å². The zero-order valence-corrected chi connectivity index (χ0v) is 24.9. The minimum atomic E-state index is -1.28. The Morgan fingerprint density at radius 1 is 1.12 bits per heavy atom. The second-order valence-corrected chi connectivity index (χ2v) is 11.7. The predicted molar refractivity (Wildman–Crippen MR) is 159 cm³/mol. The average molecular weight is 570 g/mol. The maximum absolute atomic E-state index is 13.5. The first-order chi connectivity index (χ1) is 19.3. The first kappa shape index (κ1) is 33.9. The number of aliphatic hydroxyl groups is 1. The maximum Gasteiger partial charge on any atom is 0.333 e. The van der Waals surface area contributed by atoms with Crippen molar-refractivity contribution >= 4 is 24.3 Å². The van der Waals surface area contributed by atoms with E-state index in [4.69, 9.17) is 15.2 Å². The van der Waals surface area contributed by atoms with Gasteiger partial charge in [0.05, 0.1) is 0 Å². The van der Waals surface area contributed by atoms with Crippen molar-refractivity contribution in [1.82, 2.24) is 10.2 Å². The largest absolute Gasteiger partial charge is 0.479 e. The lowest BCUT2D eigenvalue weighted by molar-refractivity contribution is -0.146. The summed E-state index contributed by atoms with van der Waals surface area (Å²) < 4.78 is 13.5. The van der Waals surface area contributed by atoms with E-state index in [9.17, 15) is 18.8 Å². The highest BCUT2D eigenvalue weighted by atomic mass is 19.1. The molecule has 0 radical (unpaired) electrons. The molecule has 8 nitrogen and oxygen atoms in total. The van der Waals surface area contributed by atoms with E-state index >= 15 is 0 Å². The summed E-state index contributed by atoms with van der Waals surface area (Å²) >= 11 is 0. The molecular weight excluding hydrogens is 525 g/mol. The molecule has 1 aliphatic rings. The van der Waals surface area contributed by atoms with Crippen LogP contribution >= 0.6 is 0 Å². The third-order valence-electron chi connectivity index (χ3n) is 8.07. The molecule has 0 spiro atoms. The quantitative estimate of drug-likeness (QED) is 0.275. The summed E-state index contributed by atoms with van der Waals surface area (Å²) in [4.78, 5) is 40.3. The number of nitrogens with zero attached hydrogens (tertiary/aromatic N) is 2. The third kappa shape index (κ3) is 9.38. The number of aldehydes is 2. The number of carbonyl (C=O) groups is 3. The van der Waals surface area contributed by atoms with Crippen LogP contribution in [-0.4, -0.2) is 71.8 Å². The van der Waals surface area contributed by atoms with Crippen LogP contribution in [0.3, 0.4) is 0 Å². The molecule has 2 aromatic carbocycles. The number of hydrogen-bond acceptors (Lipinski definition) is 7. The van der Waals surface area contributed by atoms with Gasteiger partial charge < -0.3 is 15.5 Å². The standard InChI is InChI=1S/C28H35FN2O2.C4H9NO3/c1-20(22-8-6-21(18-32)7-9-22)31(5)28(16-14-24(15-17-28)27(2,3)4)30-26(19-33)23-10-12-25(29)13-11-23;1-5-2-3(6)4(7)8/h6-13,18-20,24H,14-17H2,1-5H3;3,5-6H,2H2,1H3,(H,7,8)/b30-26+;. The summed E-state index contributed by atoms with van der Waals surface area (Å²) in [7, 11) is 3.64. The number of carboxylic acids is 1. The predicted octanol–water partition coefficient (Wildman–Crippen LogP) is 4.90. The van der Waals surface area contributed by atoms with Gasteiger partial charge >= 0.3 is 5.97 Å². The van der Waals surface area contributed by atoms with Gasteiger partial charge in [0.15, 0.2) is 12.4 Å². The molecule has 1 saturated carbocycles. The van der Waals surface area contributed by atoms with Crippen molar-refractivity contribution in [1.29, 1.82) is 0 Å². The summed E-state index contributed by atoms with van der Waals surface area (Å²) in [5.74, 6) is -0.949. The summed E-state index contributed by atoms with van der Waals surface area (Å²) in [6, 6.07) is 13.6. The van der Waals surface area contributed by atoms with Crippen LogP contribution in [0, 0.1) is 17.2 Å². The van der Waals surface area contributed by atoms with E-state index in [1.165, 1.54) is 12.1 Å². The van der Waals surface area contributed by atoms with Crippen LogP contribution < -0.4 is 5.32 Å². The van der Waals surface area contributed by atoms with Crippen LogP contribution in [0.1, 0.15) is 80.9 Å². The summed E-state index contributed by atoms with van der Waals surface area (Å²) in [6.45, 7) is 9.07. The lowest BCUT2D eigenvalue weighted by Crippen LogP contribution is -2.50. The molecule has 0 saturated heterocycles. The van der Waals surface area contributed by atoms with E-state index in [-0.39, 0.29) is 23.8 Å². The Morgan fingerprint density at radius 2 is 1.68 bits per heavy atom. The first-order valence-corrected chi connectivity index (χ1v) is 13.9. The molecule has 2 aromatic rings. The molecule has 2 atom stereocenters. The summed E-state index contributed by atoms with van der Waals surface area (Å²) in [6.07, 6.45) is 4.05. The Balaban J connectivity index is 0.000000642. The van der Waals surface area contributed by atoms with E-state index in [2.05, 4.69) is 45.0 Å². The maximum atomic E-state index is 13.5. The zero-order chi connectivity index (χ0) is 30.8. The second-order valence-electron chi connectivity index (χ2n) is 11.7. The van der Waals surface area contributed by atoms with Gasteiger partial charge in [-0.1, -0.05) is 45.0 Å². The third-order valence-corrected chi connectivity index (χ3v) is 8.07. The van der Waals surface area contributed by atoms with E-state index in [1.807, 2.05) is 24.3 Å². The fourth-order valence-corrected chi connectivity index (χ4v) is 5.21. The van der Waals surface area contributed by atoms with Crippen LogP contribution in [0.5, 0.6) is 0 Å². The van der Waals surface area contributed by atoms with Crippen LogP contribution in [0.25, 0.3) is 0 Å². The topological polar surface area (TPSA) is 119 Å². The molecule has 0 aromatic heterocycles. The Kier molecular flexibility index (Phi) is 12.5. The minimum absolute atomic E-state index is 0.0294. The first-order valence-electron chi connectivity index (χ1n) is 13.9. The molecule has 41 heavy (non-hydrogen) atoms. The van der Waals surface area contributed by atoms with E-state index in [1.54, 1.807) is 19.2 Å². The normalized spacial score (nSPS) is 20.9. The van der Waals surface area contributed by atoms with Gasteiger partial charge in [0.2, 0.25) is 0 Å². The fourth-order valence-electron chi connectivity index (χ4n) is 5.21. The number of aliphatic imine (C=N–C) groups is 1. The monoisotopic (exact) mass is 569 g/mol. The van der Waals surface area contributed by atoms with Crippen LogP contribution in [0.15, 0.2) is 53.5 Å². The molecular formula is C32H44FN3O5. The average Bonchev–Trinajstić information content (AvgIpc) is 2.96. The molecule has 3 N–H and O–H groups in total. The lowest BCUT2D eigenvalue weighted by Gasteiger charge is -2.48. The number of benzene rings is 2. The number of rotatable bonds is 10. The van der Waals surface area contributed by atoms with Gasteiger partial charge in [0.25, 0.3) is 0 Å². The van der Waals surface area contributed by atoms with Crippen LogP contribution in [-0.2, 0) is 9.59 Å². The summed E-state index contributed by atoms with van der Waals surface area (Å²) in [5, 5.41) is 19.0. The number of halogens is 1. The van der Waals surface area contributed by atoms with Gasteiger partial charge in [-0.15, -0.1) is 0 Å². The molecule has 1 fully saturated rings. The van der Waals surface area contributed by atoms with Crippen molar-refractivity contribution in [3.63, 3.8) is 0 Å². The molecule has 0 aliphatic heterocycles. The number of aliphatic hydroxyl groups excluding tert-OH is 1. The minimum Gasteiger partial charge on any atom is -0.479 e. The Morgan fingerprint density at radius 3 is 2.10 bits per heavy atom. The number of aliphatic carboxylic acids is 1. The zero-order valence-electron chi connectivity index (χ0n) is 24.9. The van der Waals surface area contributed by atoms with E-state index in [0.717, 1.165) is 43.8 Å². The Hall–Kier alpha value is -3.27. The molecule has 3 rings (SSSR count). The van der Waals surface area contributed by atoms with Crippen molar-refractivity contribution in [3.05, 3.63) is 71.0 Å². The van der Waals surface area contributed by atoms with Crippen LogP contribution in [0.4, 0.5) is 4.39 Å². The summed E-state index contributed by atoms with van der Waals surface area (Å²) in [5.41, 5.74) is 2.38. The van der Waals surface area contributed by atoms with Crippen molar-refractivity contribution in [2.75, 3.05) is 20.6 Å². The number of nitrogens with one attached hydrogen (secondary N) is 1. The molecule has 0 bridgehead atoms. The fraction of sp³-hybridized carbons (Fsp3) is 0.500. The highest BCUT2D eigenvalue weighted by Crippen LogP contribution is 2.46. The van der Waals surface area contributed by atoms with Crippen LogP contribution in [0.2, 0.25) is 0 Å². The number of hydrogen-bond donors (Lipinski definition) is 3. The Bertz CT molecular complexity index is 1170. The van der Waals surface area contributed by atoms with Crippen molar-refractivity contribution < 1.29 is 29.0 Å². The van der Waals surface area contributed by atoms with Gasteiger partial charge in [-0.3, -0.25) is 19.5 Å². The molecule has 9 heteroatoms. The SMILES string of the molecule is CC(c1ccc(C=O)cc1)N(C)C1(/N=C(\C=O)c2ccc(F)cc2)CCC(C(C)(C)C)CC1.CNCC(O)C(=O)O. The number of carboxylic acid groups (broad SMARTS) is 1. The highest BCUT2D eigenvalue weighted by Gasteiger charge is 2.43. The lowest BCUT2D eigenvalue weighted by atomic mass is 9.69. The van der Waals surface area contributed by atoms with Gasteiger partial charge in [-0.2, -0.15) is 0 Å². The smallest absolute Gasteiger partial charge is 0.333 e. The number of carbonyl (C=O) groups excluding carboxylic acids is 2. The van der Waals surface area contributed by atoms with Gasteiger partial charge in [-0.25, -0.2) is 9.18 Å². The van der Waals surface area contributed by atoms with Gasteiger partial charge in [-0.05, 0) is 87.9 Å². The van der Waals surface area contributed by atoms with Gasteiger partial charge in [0, 0.05) is 23.7 Å². The molecule has 224 valence electrons. The van der Waals surface area contributed by atoms with E-state index in [0.29, 0.717) is 22.8 Å². The van der Waals surface area contributed by atoms with Crippen molar-refractivity contribution in [2.45, 2.75) is 71.2 Å². The van der Waals surface area contributed by atoms with Gasteiger partial charge in [0.1, 0.15) is 23.5 Å². The second kappa shape index (κ2) is 15.1. The van der Waals surface area contributed by atoms with E-state index < -0.39 is 17.7 Å².